The number of hydrogen-bond acceptors (Lipinski definition) is 9. The highest BCUT2D eigenvalue weighted by Crippen LogP contribution is 2.32. The molecule has 0 saturated heterocycles. The standard InChI is InChI=1S/C4HF9O9S3/c5-2(6,7)23(14,15)20-1(21-24(16,17)3(8,9)10)22-25(18,19)4(11,12)13/h1H. The van der Waals surface area contributed by atoms with Crippen LogP contribution in [0.2, 0.25) is 0 Å². The second-order valence-electron chi connectivity index (χ2n) is 3.28. The van der Waals surface area contributed by atoms with Crippen LogP contribution in [0.3, 0.4) is 0 Å². The van der Waals surface area contributed by atoms with Crippen molar-refractivity contribution in [3.05, 3.63) is 0 Å². The molecule has 0 rings (SSSR count). The number of hydrogen-bond donors (Lipinski definition) is 0. The van der Waals surface area contributed by atoms with Gasteiger partial charge in [-0.05, 0) is 0 Å². The maximum Gasteiger partial charge on any atom is 0.523 e. The second-order valence-corrected chi connectivity index (χ2v) is 7.97. The lowest BCUT2D eigenvalue weighted by atomic mass is 11.4. The van der Waals surface area contributed by atoms with Crippen LogP contribution in [-0.2, 0) is 42.9 Å². The lowest BCUT2D eigenvalue weighted by Gasteiger charge is -2.19. The molecule has 0 aliphatic carbocycles. The minimum Gasteiger partial charge on any atom is -0.202 e. The molecule has 0 bridgehead atoms. The third-order valence-corrected chi connectivity index (χ3v) is 4.40. The molecule has 9 nitrogen and oxygen atoms in total. The summed E-state index contributed by atoms with van der Waals surface area (Å²) in [5, 5.41) is 0. The van der Waals surface area contributed by atoms with Crippen LogP contribution < -0.4 is 0 Å². The summed E-state index contributed by atoms with van der Waals surface area (Å²) in [7, 11) is -21.4. The van der Waals surface area contributed by atoms with Gasteiger partial charge in [0.05, 0.1) is 0 Å². The Hall–Kier alpha value is -0.900. The van der Waals surface area contributed by atoms with Gasteiger partial charge < -0.3 is 0 Å². The molecule has 0 heterocycles. The summed E-state index contributed by atoms with van der Waals surface area (Å²) in [5.41, 5.74) is -19.6. The van der Waals surface area contributed by atoms with Gasteiger partial charge in [-0.15, -0.1) is 0 Å². The summed E-state index contributed by atoms with van der Waals surface area (Å²) in [6, 6.07) is 0. The third-order valence-electron chi connectivity index (χ3n) is 1.47. The Bertz CT molecular complexity index is 673. The normalized spacial score (nSPS) is 15.6. The quantitative estimate of drug-likeness (QED) is 0.245. The monoisotopic (exact) mass is 460 g/mol. The molecule has 0 aromatic carbocycles. The van der Waals surface area contributed by atoms with E-state index < -0.39 is 53.4 Å². The molecule has 0 fully saturated rings. The molecule has 25 heavy (non-hydrogen) atoms. The summed E-state index contributed by atoms with van der Waals surface area (Å²) in [6.07, 6.45) is 0. The van der Waals surface area contributed by atoms with Gasteiger partial charge in [-0.2, -0.15) is 64.8 Å². The predicted octanol–water partition coefficient (Wildman–Crippen LogP) is 0.869. The first kappa shape index (κ1) is 24.1. The molecule has 152 valence electrons. The topological polar surface area (TPSA) is 130 Å². The van der Waals surface area contributed by atoms with E-state index in [1.165, 1.54) is 0 Å². The Labute approximate surface area is 131 Å². The Morgan fingerprint density at radius 2 is 0.640 bits per heavy atom. The predicted molar refractivity (Wildman–Crippen MR) is 52.0 cm³/mol. The van der Waals surface area contributed by atoms with Gasteiger partial charge in [0.2, 0.25) is 0 Å². The molecule has 0 spiro atoms. The van der Waals surface area contributed by atoms with Crippen molar-refractivity contribution < 1.29 is 77.3 Å². The van der Waals surface area contributed by atoms with Gasteiger partial charge in [0.15, 0.2) is 0 Å². The van der Waals surface area contributed by atoms with E-state index in [0.29, 0.717) is 0 Å². The lowest BCUT2D eigenvalue weighted by molar-refractivity contribution is -0.165. The van der Waals surface area contributed by atoms with E-state index in [9.17, 15) is 64.8 Å². The van der Waals surface area contributed by atoms with Crippen LogP contribution >= 0.6 is 0 Å². The van der Waals surface area contributed by atoms with E-state index in [0.717, 1.165) is 0 Å². The number of rotatable bonds is 6. The Balaban J connectivity index is 5.96. The van der Waals surface area contributed by atoms with E-state index in [1.54, 1.807) is 0 Å². The van der Waals surface area contributed by atoms with Crippen LogP contribution in [-0.4, -0.2) is 48.3 Å². The van der Waals surface area contributed by atoms with Crippen LogP contribution in [0.25, 0.3) is 0 Å². The third kappa shape index (κ3) is 6.09. The maximum atomic E-state index is 12.0. The molecule has 0 saturated carbocycles. The molecule has 0 atom stereocenters. The Morgan fingerprint density at radius 1 is 0.480 bits per heavy atom. The molecular formula is C4HF9O9S3. The number of halogens is 9. The zero-order valence-electron chi connectivity index (χ0n) is 10.4. The van der Waals surface area contributed by atoms with E-state index >= 15 is 0 Å². The summed E-state index contributed by atoms with van der Waals surface area (Å²) >= 11 is 0. The van der Waals surface area contributed by atoms with Crippen LogP contribution in [0.5, 0.6) is 0 Å². The van der Waals surface area contributed by atoms with Gasteiger partial charge in [0.25, 0.3) is 0 Å². The van der Waals surface area contributed by atoms with Crippen LogP contribution in [0.4, 0.5) is 39.5 Å². The minimum absolute atomic E-state index is 2.51. The van der Waals surface area contributed by atoms with Crippen LogP contribution in [0.1, 0.15) is 0 Å². The average Bonchev–Trinajstić information content (AvgIpc) is 2.21. The fourth-order valence-electron chi connectivity index (χ4n) is 0.522. The van der Waals surface area contributed by atoms with Crippen molar-refractivity contribution >= 4 is 30.4 Å². The Morgan fingerprint density at radius 3 is 0.760 bits per heavy atom. The molecule has 0 unspecified atom stereocenters. The van der Waals surface area contributed by atoms with Crippen molar-refractivity contribution in [1.82, 2.24) is 0 Å². The highest BCUT2D eigenvalue weighted by molar-refractivity contribution is 7.89. The van der Waals surface area contributed by atoms with Gasteiger partial charge >= 0.3 is 53.4 Å². The van der Waals surface area contributed by atoms with Gasteiger partial charge in [-0.25, -0.2) is 12.5 Å². The molecule has 21 heteroatoms. The summed E-state index contributed by atoms with van der Waals surface area (Å²) in [6.45, 7) is -4.66. The van der Waals surface area contributed by atoms with Crippen molar-refractivity contribution in [2.45, 2.75) is 23.0 Å². The Kier molecular flexibility index (Phi) is 6.44. The fraction of sp³-hybridized carbons (Fsp3) is 1.00. The molecular weight excluding hydrogens is 459 g/mol. The molecule has 0 N–H and O–H groups in total. The molecule has 0 amide bonds. The summed E-state index contributed by atoms with van der Waals surface area (Å²) in [5.74, 6) is 0. The second kappa shape index (κ2) is 6.68. The highest BCUT2D eigenvalue weighted by atomic mass is 32.2. The van der Waals surface area contributed by atoms with E-state index in [4.69, 9.17) is 0 Å². The van der Waals surface area contributed by atoms with Gasteiger partial charge in [0.1, 0.15) is 0 Å². The first-order chi connectivity index (χ1) is 10.5. The molecule has 0 aromatic heterocycles. The van der Waals surface area contributed by atoms with Crippen molar-refractivity contribution in [2.24, 2.45) is 0 Å². The number of alkyl halides is 9. The fourth-order valence-corrected chi connectivity index (χ4v) is 1.85. The zero-order valence-corrected chi connectivity index (χ0v) is 12.8. The SMILES string of the molecule is O=S(=O)(OC(OS(=O)(=O)C(F)(F)F)OS(=O)(=O)C(F)(F)F)C(F)(F)F. The average molecular weight is 460 g/mol. The highest BCUT2D eigenvalue weighted by Gasteiger charge is 2.56. The molecule has 0 aliphatic rings. The van der Waals surface area contributed by atoms with Crippen LogP contribution in [0.15, 0.2) is 0 Å². The van der Waals surface area contributed by atoms with E-state index in [-0.39, 0.29) is 0 Å². The molecule has 0 aliphatic heterocycles. The summed E-state index contributed by atoms with van der Waals surface area (Å²) < 4.78 is 178. The lowest BCUT2D eigenvalue weighted by Crippen LogP contribution is -2.40. The van der Waals surface area contributed by atoms with Gasteiger partial charge in [0, 0.05) is 0 Å². The van der Waals surface area contributed by atoms with Crippen molar-refractivity contribution in [3.63, 3.8) is 0 Å². The van der Waals surface area contributed by atoms with Crippen molar-refractivity contribution in [1.29, 1.82) is 0 Å². The van der Waals surface area contributed by atoms with Crippen molar-refractivity contribution in [3.8, 4) is 0 Å². The first-order valence-electron chi connectivity index (χ1n) is 4.52. The van der Waals surface area contributed by atoms with Gasteiger partial charge in [-0.1, -0.05) is 0 Å². The smallest absolute Gasteiger partial charge is 0.202 e. The van der Waals surface area contributed by atoms with Crippen LogP contribution in [0, 0.1) is 0 Å². The molecule has 0 aromatic rings. The summed E-state index contributed by atoms with van der Waals surface area (Å²) in [4.78, 5) is 0. The largest absolute Gasteiger partial charge is 0.523 e. The van der Waals surface area contributed by atoms with E-state index in [2.05, 4.69) is 12.5 Å². The van der Waals surface area contributed by atoms with E-state index in [1.807, 2.05) is 0 Å². The van der Waals surface area contributed by atoms with Gasteiger partial charge in [-0.3, -0.25) is 0 Å². The minimum atomic E-state index is -7.15. The van der Waals surface area contributed by atoms with Crippen molar-refractivity contribution in [2.75, 3.05) is 0 Å². The zero-order chi connectivity index (χ0) is 20.7. The molecule has 0 radical (unpaired) electrons. The first-order valence-corrected chi connectivity index (χ1v) is 8.75. The maximum absolute atomic E-state index is 12.0.